The number of benzene rings is 2. The van der Waals surface area contributed by atoms with Crippen LogP contribution in [0.2, 0.25) is 0 Å². The summed E-state index contributed by atoms with van der Waals surface area (Å²) in [5.41, 5.74) is 4.12. The van der Waals surface area contributed by atoms with Crippen LogP contribution in [-0.4, -0.2) is 33.7 Å². The van der Waals surface area contributed by atoms with Gasteiger partial charge in [-0.1, -0.05) is 32.0 Å². The van der Waals surface area contributed by atoms with E-state index in [1.54, 1.807) is 31.2 Å². The van der Waals surface area contributed by atoms with Crippen LogP contribution in [0.1, 0.15) is 37.5 Å². The van der Waals surface area contributed by atoms with Gasteiger partial charge in [0.05, 0.1) is 11.9 Å². The van der Waals surface area contributed by atoms with Crippen molar-refractivity contribution in [3.63, 3.8) is 0 Å². The fourth-order valence-electron chi connectivity index (χ4n) is 2.92. The topological polar surface area (TPSA) is 75.7 Å². The van der Waals surface area contributed by atoms with Crippen LogP contribution in [0.4, 0.5) is 5.69 Å². The molecule has 0 heterocycles. The number of amides is 1. The smallest absolute Gasteiger partial charge is 0.261 e. The fourth-order valence-corrected chi connectivity index (χ4v) is 3.42. The average molecular weight is 419 g/mol. The molecule has 6 nitrogen and oxygen atoms in total. The zero-order valence-corrected chi connectivity index (χ0v) is 18.5. The first kappa shape index (κ1) is 22.7. The molecule has 2 aromatic carbocycles. The number of anilines is 1. The van der Waals surface area contributed by atoms with Crippen molar-refractivity contribution in [2.75, 3.05) is 17.6 Å². The Morgan fingerprint density at radius 1 is 1.07 bits per heavy atom. The molecule has 1 amide bonds. The molecule has 1 atom stereocenters. The summed E-state index contributed by atoms with van der Waals surface area (Å²) in [5.74, 6) is 0.298. The molecule has 1 N–H and O–H groups in total. The van der Waals surface area contributed by atoms with Crippen molar-refractivity contribution in [1.82, 2.24) is 5.32 Å². The summed E-state index contributed by atoms with van der Waals surface area (Å²) in [6.45, 7) is 6.36. The molecule has 2 rings (SSSR count). The zero-order valence-electron chi connectivity index (χ0n) is 17.7. The minimum absolute atomic E-state index is 0.203. The zero-order chi connectivity index (χ0) is 21.6. The summed E-state index contributed by atoms with van der Waals surface area (Å²) in [4.78, 5) is 12.5. The van der Waals surface area contributed by atoms with Crippen LogP contribution in [0.5, 0.6) is 5.75 Å². The third-order valence-corrected chi connectivity index (χ3v) is 6.10. The highest BCUT2D eigenvalue weighted by molar-refractivity contribution is 7.92. The predicted octanol–water partition coefficient (Wildman–Crippen LogP) is 3.29. The number of ether oxygens (including phenoxy) is 1. The highest BCUT2D eigenvalue weighted by Crippen LogP contribution is 2.21. The maximum absolute atomic E-state index is 12.5. The summed E-state index contributed by atoms with van der Waals surface area (Å²) >= 11 is 0. The summed E-state index contributed by atoms with van der Waals surface area (Å²) in [7, 11) is -1.84. The Bertz CT molecular complexity index is 940. The quantitative estimate of drug-likeness (QED) is 0.678. The van der Waals surface area contributed by atoms with Crippen molar-refractivity contribution >= 4 is 21.6 Å². The Morgan fingerprint density at radius 2 is 1.72 bits per heavy atom. The first-order chi connectivity index (χ1) is 13.7. The van der Waals surface area contributed by atoms with Crippen molar-refractivity contribution < 1.29 is 17.9 Å². The monoisotopic (exact) mass is 418 g/mol. The molecule has 0 aliphatic rings. The number of rotatable bonds is 9. The normalized spacial score (nSPS) is 12.3. The van der Waals surface area contributed by atoms with Gasteiger partial charge in [0.2, 0.25) is 10.0 Å². The highest BCUT2D eigenvalue weighted by atomic mass is 32.2. The number of carbonyl (C=O) groups is 1. The minimum Gasteiger partial charge on any atom is -0.481 e. The van der Waals surface area contributed by atoms with E-state index in [0.29, 0.717) is 18.0 Å². The molecule has 7 heteroatoms. The summed E-state index contributed by atoms with van der Waals surface area (Å²) < 4.78 is 30.1. The predicted molar refractivity (Wildman–Crippen MR) is 117 cm³/mol. The second-order valence-corrected chi connectivity index (χ2v) is 9.03. The Hall–Kier alpha value is -2.54. The Balaban J connectivity index is 1.97. The lowest BCUT2D eigenvalue weighted by Crippen LogP contribution is -2.36. The van der Waals surface area contributed by atoms with Crippen molar-refractivity contribution in [2.24, 2.45) is 0 Å². The molecule has 0 radical (unpaired) electrons. The van der Waals surface area contributed by atoms with Crippen molar-refractivity contribution in [3.05, 3.63) is 59.2 Å². The van der Waals surface area contributed by atoms with E-state index in [1.165, 1.54) is 22.5 Å². The van der Waals surface area contributed by atoms with Crippen LogP contribution in [0.25, 0.3) is 0 Å². The van der Waals surface area contributed by atoms with E-state index in [0.717, 1.165) is 24.7 Å². The Kier molecular flexibility index (Phi) is 7.67. The molecule has 0 aliphatic heterocycles. The van der Waals surface area contributed by atoms with Crippen LogP contribution in [0.3, 0.4) is 0 Å². The van der Waals surface area contributed by atoms with Crippen molar-refractivity contribution in [3.8, 4) is 5.75 Å². The number of aryl methyl sites for hydroxylation is 2. The number of hydrogen-bond donors (Lipinski definition) is 1. The molecule has 0 unspecified atom stereocenters. The van der Waals surface area contributed by atoms with Gasteiger partial charge in [0.1, 0.15) is 5.75 Å². The van der Waals surface area contributed by atoms with Crippen molar-refractivity contribution in [2.45, 2.75) is 46.3 Å². The first-order valence-corrected chi connectivity index (χ1v) is 11.6. The summed E-state index contributed by atoms with van der Waals surface area (Å²) in [6, 6.07) is 13.0. The van der Waals surface area contributed by atoms with E-state index in [-0.39, 0.29) is 5.91 Å². The Labute approximate surface area is 173 Å². The average Bonchev–Trinajstić information content (AvgIpc) is 2.70. The summed E-state index contributed by atoms with van der Waals surface area (Å²) in [6.07, 6.45) is 2.34. The molecular formula is C22H30N2O4S. The molecule has 158 valence electrons. The number of carbonyl (C=O) groups excluding carboxylic acids is 1. The molecular weight excluding hydrogens is 388 g/mol. The van der Waals surface area contributed by atoms with E-state index < -0.39 is 16.1 Å². The lowest BCUT2D eigenvalue weighted by atomic mass is 10.0. The van der Waals surface area contributed by atoms with Crippen LogP contribution in [-0.2, 0) is 34.2 Å². The molecule has 0 bridgehead atoms. The molecule has 29 heavy (non-hydrogen) atoms. The van der Waals surface area contributed by atoms with E-state index in [4.69, 9.17) is 4.74 Å². The van der Waals surface area contributed by atoms with E-state index in [2.05, 4.69) is 37.4 Å². The van der Waals surface area contributed by atoms with Gasteiger partial charge in [0.15, 0.2) is 6.10 Å². The van der Waals surface area contributed by atoms with Crippen LogP contribution >= 0.6 is 0 Å². The number of sulfonamides is 1. The van der Waals surface area contributed by atoms with Gasteiger partial charge in [-0.25, -0.2) is 8.42 Å². The number of nitrogens with one attached hydrogen (secondary N) is 1. The van der Waals surface area contributed by atoms with Crippen molar-refractivity contribution in [1.29, 1.82) is 0 Å². The highest BCUT2D eigenvalue weighted by Gasteiger charge is 2.16. The van der Waals surface area contributed by atoms with Gasteiger partial charge in [-0.2, -0.15) is 0 Å². The lowest BCUT2D eigenvalue weighted by Gasteiger charge is -2.18. The third-order valence-electron chi connectivity index (χ3n) is 4.89. The van der Waals surface area contributed by atoms with Gasteiger partial charge >= 0.3 is 0 Å². The summed E-state index contributed by atoms with van der Waals surface area (Å²) in [5, 5.41) is 2.94. The van der Waals surface area contributed by atoms with E-state index in [9.17, 15) is 13.2 Å². The van der Waals surface area contributed by atoms with Crippen LogP contribution in [0, 0.1) is 0 Å². The van der Waals surface area contributed by atoms with Gasteiger partial charge in [-0.15, -0.1) is 0 Å². The molecule has 2 aromatic rings. The number of hydrogen-bond acceptors (Lipinski definition) is 4. The van der Waals surface area contributed by atoms with E-state index >= 15 is 0 Å². The standard InChI is InChI=1S/C22H30N2O4S/c1-6-17-8-9-18(7-2)19(14-17)15-23-22(25)16(3)28-21-12-10-20(11-13-21)24(4)29(5,26)27/h8-14,16H,6-7,15H2,1-5H3,(H,23,25)/t16-/m1/s1. The fraction of sp³-hybridized carbons (Fsp3) is 0.409. The van der Waals surface area contributed by atoms with Gasteiger partial charge in [0, 0.05) is 13.6 Å². The van der Waals surface area contributed by atoms with Gasteiger partial charge < -0.3 is 10.1 Å². The molecule has 0 saturated heterocycles. The van der Waals surface area contributed by atoms with Gasteiger partial charge in [0.25, 0.3) is 5.91 Å². The molecule has 0 fully saturated rings. The third kappa shape index (κ3) is 6.22. The molecule has 0 spiro atoms. The lowest BCUT2D eigenvalue weighted by molar-refractivity contribution is -0.127. The SMILES string of the molecule is CCc1ccc(CC)c(CNC(=O)[C@@H](C)Oc2ccc(N(C)S(C)(=O)=O)cc2)c1. The van der Waals surface area contributed by atoms with Gasteiger partial charge in [-0.3, -0.25) is 9.10 Å². The maximum Gasteiger partial charge on any atom is 0.261 e. The molecule has 0 aliphatic carbocycles. The van der Waals surface area contributed by atoms with E-state index in [1.807, 2.05) is 0 Å². The van der Waals surface area contributed by atoms with Crippen LogP contribution < -0.4 is 14.4 Å². The van der Waals surface area contributed by atoms with Gasteiger partial charge in [-0.05, 0) is 60.7 Å². The van der Waals surface area contributed by atoms with Crippen LogP contribution in [0.15, 0.2) is 42.5 Å². The minimum atomic E-state index is -3.32. The molecule has 0 saturated carbocycles. The second kappa shape index (κ2) is 9.78. The Morgan fingerprint density at radius 3 is 2.28 bits per heavy atom. The first-order valence-electron chi connectivity index (χ1n) is 9.74. The second-order valence-electron chi connectivity index (χ2n) is 7.01. The largest absolute Gasteiger partial charge is 0.481 e. The molecule has 0 aromatic heterocycles. The number of nitrogens with zero attached hydrogens (tertiary/aromatic N) is 1. The maximum atomic E-state index is 12.5.